The third-order valence-corrected chi connectivity index (χ3v) is 3.90. The van der Waals surface area contributed by atoms with Crippen LogP contribution in [0.1, 0.15) is 39.3 Å². The number of anilines is 1. The number of carbonyl (C=O) groups excluding carboxylic acids is 2. The van der Waals surface area contributed by atoms with E-state index >= 15 is 0 Å². The van der Waals surface area contributed by atoms with Crippen LogP contribution in [0, 0.1) is 13.8 Å². The minimum atomic E-state index is -0.232. The minimum Gasteiger partial charge on any atom is -0.322 e. The Bertz CT molecular complexity index is 923. The fraction of sp³-hybridized carbons (Fsp3) is 0.158. The number of hydrogen-bond acceptors (Lipinski definition) is 4. The average Bonchev–Trinajstić information content (AvgIpc) is 2.94. The molecule has 1 aromatic heterocycles. The Labute approximate surface area is 145 Å². The lowest BCUT2D eigenvalue weighted by Crippen LogP contribution is -2.12. The molecule has 126 valence electrons. The van der Waals surface area contributed by atoms with Crippen molar-refractivity contribution in [1.29, 1.82) is 0 Å². The van der Waals surface area contributed by atoms with Crippen molar-refractivity contribution in [3.8, 4) is 5.69 Å². The molecule has 0 saturated carbocycles. The second-order valence-electron chi connectivity index (χ2n) is 5.77. The van der Waals surface area contributed by atoms with Crippen LogP contribution in [0.4, 0.5) is 5.69 Å². The molecule has 6 nitrogen and oxygen atoms in total. The van der Waals surface area contributed by atoms with Gasteiger partial charge in [-0.05, 0) is 57.2 Å². The van der Waals surface area contributed by atoms with Crippen molar-refractivity contribution < 1.29 is 9.59 Å². The molecule has 2 aromatic carbocycles. The molecule has 0 aliphatic carbocycles. The van der Waals surface area contributed by atoms with Crippen molar-refractivity contribution in [3.63, 3.8) is 0 Å². The Morgan fingerprint density at radius 2 is 1.56 bits per heavy atom. The van der Waals surface area contributed by atoms with Crippen molar-refractivity contribution >= 4 is 17.4 Å². The van der Waals surface area contributed by atoms with E-state index in [1.54, 1.807) is 36.4 Å². The standard InChI is InChI=1S/C19H18N4O2/c1-12(24)16-5-4-6-17(11-16)20-19(25)15-7-9-18(10-8-15)23-13(2)21-22-14(23)3/h4-11H,1-3H3,(H,20,25). The zero-order valence-electron chi connectivity index (χ0n) is 14.3. The molecular formula is C19H18N4O2. The molecule has 0 aliphatic rings. The number of benzene rings is 2. The first kappa shape index (κ1) is 16.6. The van der Waals surface area contributed by atoms with E-state index in [1.165, 1.54) is 6.92 Å². The van der Waals surface area contributed by atoms with Crippen LogP contribution < -0.4 is 5.32 Å². The number of nitrogens with one attached hydrogen (secondary N) is 1. The highest BCUT2D eigenvalue weighted by Crippen LogP contribution is 2.16. The zero-order valence-corrected chi connectivity index (χ0v) is 14.3. The van der Waals surface area contributed by atoms with Crippen molar-refractivity contribution in [2.24, 2.45) is 0 Å². The lowest BCUT2D eigenvalue weighted by Gasteiger charge is -2.09. The summed E-state index contributed by atoms with van der Waals surface area (Å²) in [5.41, 5.74) is 2.58. The number of rotatable bonds is 4. The molecule has 1 heterocycles. The van der Waals surface area contributed by atoms with Gasteiger partial charge in [0.25, 0.3) is 5.91 Å². The van der Waals surface area contributed by atoms with Gasteiger partial charge in [-0.25, -0.2) is 0 Å². The maximum absolute atomic E-state index is 12.4. The topological polar surface area (TPSA) is 76.9 Å². The molecule has 1 N–H and O–H groups in total. The van der Waals surface area contributed by atoms with Crippen LogP contribution in [0.5, 0.6) is 0 Å². The third-order valence-electron chi connectivity index (χ3n) is 3.90. The molecule has 0 aliphatic heterocycles. The number of aryl methyl sites for hydroxylation is 2. The molecule has 0 radical (unpaired) electrons. The van der Waals surface area contributed by atoms with Crippen LogP contribution in [-0.2, 0) is 0 Å². The van der Waals surface area contributed by atoms with Gasteiger partial charge in [0.2, 0.25) is 0 Å². The number of hydrogen-bond donors (Lipinski definition) is 1. The highest BCUT2D eigenvalue weighted by Gasteiger charge is 2.10. The van der Waals surface area contributed by atoms with Crippen LogP contribution in [0.3, 0.4) is 0 Å². The summed E-state index contributed by atoms with van der Waals surface area (Å²) in [7, 11) is 0. The summed E-state index contributed by atoms with van der Waals surface area (Å²) in [6, 6.07) is 14.1. The van der Waals surface area contributed by atoms with Gasteiger partial charge in [-0.3, -0.25) is 14.2 Å². The summed E-state index contributed by atoms with van der Waals surface area (Å²) in [6.07, 6.45) is 0. The second kappa shape index (κ2) is 6.68. The second-order valence-corrected chi connectivity index (χ2v) is 5.77. The molecule has 0 saturated heterocycles. The van der Waals surface area contributed by atoms with E-state index in [1.807, 2.05) is 30.5 Å². The number of nitrogens with zero attached hydrogens (tertiary/aromatic N) is 3. The first-order valence-electron chi connectivity index (χ1n) is 7.87. The van der Waals surface area contributed by atoms with Gasteiger partial charge >= 0.3 is 0 Å². The lowest BCUT2D eigenvalue weighted by molar-refractivity contribution is 0.101. The molecule has 3 aromatic rings. The molecule has 0 bridgehead atoms. The maximum atomic E-state index is 12.4. The number of carbonyl (C=O) groups is 2. The van der Waals surface area contributed by atoms with Crippen molar-refractivity contribution in [1.82, 2.24) is 14.8 Å². The van der Waals surface area contributed by atoms with Gasteiger partial charge in [0.15, 0.2) is 5.78 Å². The molecule has 0 atom stereocenters. The minimum absolute atomic E-state index is 0.0415. The van der Waals surface area contributed by atoms with E-state index in [4.69, 9.17) is 0 Å². The Balaban J connectivity index is 1.79. The van der Waals surface area contributed by atoms with E-state index in [2.05, 4.69) is 15.5 Å². The SMILES string of the molecule is CC(=O)c1cccc(NC(=O)c2ccc(-n3c(C)nnc3C)cc2)c1. The summed E-state index contributed by atoms with van der Waals surface area (Å²) in [5, 5.41) is 10.9. The van der Waals surface area contributed by atoms with Gasteiger partial charge in [0.05, 0.1) is 0 Å². The predicted molar refractivity (Wildman–Crippen MR) is 95.2 cm³/mol. The van der Waals surface area contributed by atoms with E-state index in [0.29, 0.717) is 16.8 Å². The number of aromatic nitrogens is 3. The van der Waals surface area contributed by atoms with Gasteiger partial charge in [-0.1, -0.05) is 12.1 Å². The number of Topliss-reactive ketones (excluding diaryl/α,β-unsaturated/α-hetero) is 1. The Hall–Kier alpha value is -3.28. The summed E-state index contributed by atoms with van der Waals surface area (Å²) in [4.78, 5) is 23.8. The summed E-state index contributed by atoms with van der Waals surface area (Å²) >= 11 is 0. The zero-order chi connectivity index (χ0) is 18.0. The number of amides is 1. The highest BCUT2D eigenvalue weighted by atomic mass is 16.1. The lowest BCUT2D eigenvalue weighted by atomic mass is 10.1. The average molecular weight is 334 g/mol. The molecule has 0 unspecified atom stereocenters. The maximum Gasteiger partial charge on any atom is 0.255 e. The van der Waals surface area contributed by atoms with Crippen LogP contribution in [0.15, 0.2) is 48.5 Å². The smallest absolute Gasteiger partial charge is 0.255 e. The Morgan fingerprint density at radius 3 is 2.16 bits per heavy atom. The monoisotopic (exact) mass is 334 g/mol. The Morgan fingerprint density at radius 1 is 0.920 bits per heavy atom. The fourth-order valence-electron chi connectivity index (χ4n) is 2.62. The van der Waals surface area contributed by atoms with Crippen LogP contribution in [-0.4, -0.2) is 26.5 Å². The molecule has 6 heteroatoms. The van der Waals surface area contributed by atoms with Crippen molar-refractivity contribution in [2.75, 3.05) is 5.32 Å². The van der Waals surface area contributed by atoms with Gasteiger partial charge in [-0.2, -0.15) is 0 Å². The molecule has 0 fully saturated rings. The highest BCUT2D eigenvalue weighted by molar-refractivity contribution is 6.05. The van der Waals surface area contributed by atoms with Crippen LogP contribution in [0.25, 0.3) is 5.69 Å². The molecular weight excluding hydrogens is 316 g/mol. The first-order valence-corrected chi connectivity index (χ1v) is 7.87. The van der Waals surface area contributed by atoms with Gasteiger partial charge in [-0.15, -0.1) is 10.2 Å². The van der Waals surface area contributed by atoms with Crippen molar-refractivity contribution in [2.45, 2.75) is 20.8 Å². The van der Waals surface area contributed by atoms with E-state index in [-0.39, 0.29) is 11.7 Å². The van der Waals surface area contributed by atoms with Gasteiger partial charge in [0, 0.05) is 22.5 Å². The quantitative estimate of drug-likeness (QED) is 0.742. The normalized spacial score (nSPS) is 10.5. The largest absolute Gasteiger partial charge is 0.322 e. The third kappa shape index (κ3) is 3.47. The van der Waals surface area contributed by atoms with Gasteiger partial charge in [0.1, 0.15) is 11.6 Å². The fourth-order valence-corrected chi connectivity index (χ4v) is 2.62. The molecule has 0 spiro atoms. The van der Waals surface area contributed by atoms with Crippen molar-refractivity contribution in [3.05, 3.63) is 71.3 Å². The van der Waals surface area contributed by atoms with Crippen LogP contribution >= 0.6 is 0 Å². The first-order chi connectivity index (χ1) is 12.0. The molecule has 1 amide bonds. The molecule has 3 rings (SSSR count). The van der Waals surface area contributed by atoms with Gasteiger partial charge < -0.3 is 5.32 Å². The Kier molecular flexibility index (Phi) is 4.43. The van der Waals surface area contributed by atoms with E-state index < -0.39 is 0 Å². The number of ketones is 1. The predicted octanol–water partition coefficient (Wildman–Crippen LogP) is 3.34. The van der Waals surface area contributed by atoms with E-state index in [0.717, 1.165) is 17.3 Å². The van der Waals surface area contributed by atoms with E-state index in [9.17, 15) is 9.59 Å². The summed E-state index contributed by atoms with van der Waals surface area (Å²) in [5.74, 6) is 1.30. The summed E-state index contributed by atoms with van der Waals surface area (Å²) < 4.78 is 1.91. The summed E-state index contributed by atoms with van der Waals surface area (Å²) in [6.45, 7) is 5.25. The van der Waals surface area contributed by atoms with Crippen LogP contribution in [0.2, 0.25) is 0 Å². The molecule has 25 heavy (non-hydrogen) atoms.